The van der Waals surface area contributed by atoms with E-state index in [1.807, 2.05) is 99.9 Å². The molecule has 0 atom stereocenters. The van der Waals surface area contributed by atoms with E-state index in [1.165, 1.54) is 23.1 Å². The highest BCUT2D eigenvalue weighted by Crippen LogP contribution is 2.33. The first-order valence-corrected chi connectivity index (χ1v) is 19.1. The van der Waals surface area contributed by atoms with Crippen LogP contribution in [0, 0.1) is 6.92 Å². The summed E-state index contributed by atoms with van der Waals surface area (Å²) in [4.78, 5) is 40.6. The Balaban J connectivity index is 1.03. The third-order valence-electron chi connectivity index (χ3n) is 8.77. The Kier molecular flexibility index (Phi) is 12.5. The predicted molar refractivity (Wildman–Crippen MR) is 211 cm³/mol. The summed E-state index contributed by atoms with van der Waals surface area (Å²) >= 11 is 2.82. The molecule has 0 saturated carbocycles. The quantitative estimate of drug-likeness (QED) is 0.0768. The molecule has 10 nitrogen and oxygen atoms in total. The fraction of sp³-hybridized carbons (Fsp3) is 0.268. The molecule has 0 unspecified atom stereocenters. The number of carbonyl (C=O) groups excluding carboxylic acids is 1. The van der Waals surface area contributed by atoms with Crippen molar-refractivity contribution in [3.63, 3.8) is 0 Å². The Hall–Kier alpha value is -5.17. The number of thiazole rings is 1. The number of anilines is 1. The van der Waals surface area contributed by atoms with E-state index in [0.717, 1.165) is 50.9 Å². The van der Waals surface area contributed by atoms with E-state index < -0.39 is 5.97 Å². The van der Waals surface area contributed by atoms with Gasteiger partial charge < -0.3 is 29.7 Å². The average Bonchev–Trinajstić information content (AvgIpc) is 3.59. The number of aromatic carboxylic acids is 1. The Morgan fingerprint density at radius 3 is 2.51 bits per heavy atom. The third kappa shape index (κ3) is 9.83. The van der Waals surface area contributed by atoms with Crippen LogP contribution in [0.5, 0.6) is 11.5 Å². The van der Waals surface area contributed by atoms with Crippen molar-refractivity contribution in [3.05, 3.63) is 129 Å². The number of nitrogens with one attached hydrogen (secondary N) is 1. The number of carboxylic acids is 1. The maximum absolute atomic E-state index is 13.5. The number of fused-ring (bicyclic) bond motifs is 1. The van der Waals surface area contributed by atoms with Gasteiger partial charge in [-0.05, 0) is 106 Å². The minimum atomic E-state index is -1.05. The fourth-order valence-corrected chi connectivity index (χ4v) is 7.82. The van der Waals surface area contributed by atoms with E-state index in [0.29, 0.717) is 66.2 Å². The van der Waals surface area contributed by atoms with E-state index in [9.17, 15) is 14.7 Å². The summed E-state index contributed by atoms with van der Waals surface area (Å²) in [6.07, 6.45) is 3.59. The number of aromatic nitrogens is 2. The molecule has 274 valence electrons. The highest BCUT2D eigenvalue weighted by atomic mass is 32.2. The van der Waals surface area contributed by atoms with E-state index in [4.69, 9.17) is 9.47 Å². The molecule has 1 aliphatic rings. The van der Waals surface area contributed by atoms with E-state index in [2.05, 4.69) is 31.7 Å². The number of rotatable bonds is 16. The van der Waals surface area contributed by atoms with Crippen molar-refractivity contribution in [1.82, 2.24) is 20.2 Å². The van der Waals surface area contributed by atoms with Gasteiger partial charge in [-0.1, -0.05) is 48.7 Å². The van der Waals surface area contributed by atoms with Crippen LogP contribution in [0.4, 0.5) is 5.13 Å². The summed E-state index contributed by atoms with van der Waals surface area (Å²) in [6, 6.07) is 25.4. The Morgan fingerprint density at radius 2 is 1.77 bits per heavy atom. The van der Waals surface area contributed by atoms with Gasteiger partial charge in [0.05, 0.1) is 23.5 Å². The molecule has 2 aromatic heterocycles. The second kappa shape index (κ2) is 17.6. The number of nitrogens with zero attached hydrogens (tertiary/aromatic N) is 4. The summed E-state index contributed by atoms with van der Waals surface area (Å²) in [5.41, 5.74) is 5.58. The topological polar surface area (TPSA) is 117 Å². The molecule has 3 heterocycles. The fourth-order valence-electron chi connectivity index (χ4n) is 5.92. The first-order chi connectivity index (χ1) is 25.6. The van der Waals surface area contributed by atoms with Crippen molar-refractivity contribution in [3.8, 4) is 22.8 Å². The first-order valence-electron chi connectivity index (χ1n) is 17.4. The van der Waals surface area contributed by atoms with E-state index in [-0.39, 0.29) is 11.6 Å². The molecule has 1 amide bonds. The number of thioether (sulfide) groups is 1. The third-order valence-corrected chi connectivity index (χ3v) is 11.0. The van der Waals surface area contributed by atoms with E-state index >= 15 is 0 Å². The number of hydrogen-bond donors (Lipinski definition) is 2. The lowest BCUT2D eigenvalue weighted by molar-refractivity contribution is 0.0689. The number of pyridine rings is 1. The molecular formula is C41H43N5O5S2. The molecule has 5 aromatic rings. The monoisotopic (exact) mass is 749 g/mol. The normalized spacial score (nSPS) is 12.3. The number of amides is 1. The zero-order valence-electron chi connectivity index (χ0n) is 30.1. The molecule has 0 aliphatic carbocycles. The van der Waals surface area contributed by atoms with Crippen molar-refractivity contribution in [2.45, 2.75) is 37.6 Å². The van der Waals surface area contributed by atoms with Gasteiger partial charge >= 0.3 is 5.97 Å². The van der Waals surface area contributed by atoms with Crippen LogP contribution in [0.25, 0.3) is 11.3 Å². The number of benzene rings is 3. The predicted octanol–water partition coefficient (Wildman–Crippen LogP) is 7.72. The molecule has 0 fully saturated rings. The molecule has 12 heteroatoms. The smallest absolute Gasteiger partial charge is 0.355 e. The van der Waals surface area contributed by atoms with Gasteiger partial charge in [0.1, 0.15) is 18.1 Å². The highest BCUT2D eigenvalue weighted by Gasteiger charge is 2.26. The van der Waals surface area contributed by atoms with Crippen molar-refractivity contribution in [2.24, 2.45) is 0 Å². The number of carbonyl (C=O) groups is 2. The van der Waals surface area contributed by atoms with Crippen LogP contribution in [-0.4, -0.2) is 72.2 Å². The van der Waals surface area contributed by atoms with Gasteiger partial charge in [0.15, 0.2) is 10.8 Å². The van der Waals surface area contributed by atoms with Crippen LogP contribution in [0.2, 0.25) is 0 Å². The second-order valence-electron chi connectivity index (χ2n) is 12.9. The van der Waals surface area contributed by atoms with Crippen molar-refractivity contribution >= 4 is 40.1 Å². The van der Waals surface area contributed by atoms with Crippen LogP contribution < -0.4 is 19.7 Å². The standard InChI is InChI=1S/C41H43N5O5S2/c1-27-9-5-6-12-36(27)52-28(2)43-39(47)33-11-7-10-29-20-21-46(26-34(29)33)41-44-38(40(48)49)37(53-41)13-8-23-50-31-16-14-30(15-17-31)35-19-18-32(25-42-35)51-24-22-45(3)4/h5-7,9-12,14-19,25H,2,8,13,20-24,26H2,1,3-4H3,(H,43,47)(H,48,49). The molecule has 0 radical (unpaired) electrons. The van der Waals surface area contributed by atoms with Gasteiger partial charge in [-0.15, -0.1) is 11.3 Å². The number of carboxylic acid groups (broad SMARTS) is 1. The van der Waals surface area contributed by atoms with Gasteiger partial charge in [0.25, 0.3) is 5.91 Å². The maximum Gasteiger partial charge on any atom is 0.355 e. The minimum absolute atomic E-state index is 0.0670. The van der Waals surface area contributed by atoms with Crippen LogP contribution in [0.15, 0.2) is 102 Å². The molecule has 2 N–H and O–H groups in total. The van der Waals surface area contributed by atoms with Crippen LogP contribution >= 0.6 is 23.1 Å². The number of hydrogen-bond acceptors (Lipinski definition) is 10. The summed E-state index contributed by atoms with van der Waals surface area (Å²) in [7, 11) is 4.01. The van der Waals surface area contributed by atoms with Crippen molar-refractivity contribution in [1.29, 1.82) is 0 Å². The van der Waals surface area contributed by atoms with Gasteiger partial charge in [0.2, 0.25) is 0 Å². The SMILES string of the molecule is C=C(NC(=O)c1cccc2c1CN(c1nc(C(=O)O)c(CCCOc3ccc(-c4ccc(OCCN(C)C)cn4)cc3)s1)CC2)Sc1ccccc1C. The van der Waals surface area contributed by atoms with Gasteiger partial charge in [0, 0.05) is 40.5 Å². The van der Waals surface area contributed by atoms with Crippen LogP contribution in [-0.2, 0) is 19.4 Å². The molecule has 0 bridgehead atoms. The lowest BCUT2D eigenvalue weighted by Gasteiger charge is -2.30. The van der Waals surface area contributed by atoms with Crippen molar-refractivity contribution < 1.29 is 24.2 Å². The van der Waals surface area contributed by atoms with Gasteiger partial charge in [-0.2, -0.15) is 0 Å². The number of ether oxygens (including phenoxy) is 2. The Bertz CT molecular complexity index is 2060. The van der Waals surface area contributed by atoms with E-state index in [1.54, 1.807) is 6.20 Å². The molecule has 1 aliphatic heterocycles. The lowest BCUT2D eigenvalue weighted by Crippen LogP contribution is -2.33. The minimum Gasteiger partial charge on any atom is -0.494 e. The Labute approximate surface area is 318 Å². The molecule has 53 heavy (non-hydrogen) atoms. The zero-order valence-corrected chi connectivity index (χ0v) is 31.8. The number of likely N-dealkylation sites (N-methyl/N-ethyl adjacent to an activating group) is 1. The highest BCUT2D eigenvalue weighted by molar-refractivity contribution is 8.03. The molecule has 6 rings (SSSR count). The maximum atomic E-state index is 13.5. The second-order valence-corrected chi connectivity index (χ2v) is 15.1. The van der Waals surface area contributed by atoms with Gasteiger partial charge in [-0.25, -0.2) is 9.78 Å². The van der Waals surface area contributed by atoms with Crippen LogP contribution in [0.1, 0.15) is 48.8 Å². The lowest BCUT2D eigenvalue weighted by atomic mass is 9.94. The number of aryl methyl sites for hydroxylation is 2. The molecule has 0 saturated heterocycles. The largest absolute Gasteiger partial charge is 0.494 e. The summed E-state index contributed by atoms with van der Waals surface area (Å²) in [5, 5.41) is 14.2. The van der Waals surface area contributed by atoms with Gasteiger partial charge in [-0.3, -0.25) is 9.78 Å². The summed E-state index contributed by atoms with van der Waals surface area (Å²) in [6.45, 7) is 9.08. The Morgan fingerprint density at radius 1 is 1.00 bits per heavy atom. The van der Waals surface area contributed by atoms with Crippen LogP contribution in [0.3, 0.4) is 0 Å². The molecular weight excluding hydrogens is 707 g/mol. The van der Waals surface area contributed by atoms with Crippen molar-refractivity contribution in [2.75, 3.05) is 45.3 Å². The summed E-state index contributed by atoms with van der Waals surface area (Å²) in [5.74, 6) is 0.191. The summed E-state index contributed by atoms with van der Waals surface area (Å²) < 4.78 is 11.7. The molecule has 3 aromatic carbocycles. The first kappa shape index (κ1) is 37.6. The molecule has 0 spiro atoms. The zero-order chi connectivity index (χ0) is 37.3. The average molecular weight is 750 g/mol.